The lowest BCUT2D eigenvalue weighted by Gasteiger charge is -2.29. The molecule has 4 atom stereocenters. The van der Waals surface area contributed by atoms with Crippen LogP contribution >= 0.6 is 45.3 Å². The van der Waals surface area contributed by atoms with Crippen LogP contribution in [-0.4, -0.2) is 51.1 Å². The lowest BCUT2D eigenvalue weighted by Crippen LogP contribution is -2.35. The van der Waals surface area contributed by atoms with Gasteiger partial charge in [-0.25, -0.2) is 0 Å². The number of rotatable bonds is 30. The Hall–Kier alpha value is -3.12. The molecule has 0 radical (unpaired) electrons. The fraction of sp³-hybridized carbons (Fsp3) is 0.672. The van der Waals surface area contributed by atoms with Gasteiger partial charge >= 0.3 is 0 Å². The van der Waals surface area contributed by atoms with E-state index in [2.05, 4.69) is 107 Å². The van der Waals surface area contributed by atoms with Crippen LogP contribution in [0.3, 0.4) is 0 Å². The minimum atomic E-state index is -0.392. The summed E-state index contributed by atoms with van der Waals surface area (Å²) in [5, 5.41) is 0. The highest BCUT2D eigenvalue weighted by atomic mass is 32.1. The molecule has 0 saturated heterocycles. The molecule has 0 bridgehead atoms. The van der Waals surface area contributed by atoms with Crippen LogP contribution in [0.2, 0.25) is 0 Å². The van der Waals surface area contributed by atoms with E-state index in [-0.39, 0.29) is 35.5 Å². The molecule has 7 nitrogen and oxygen atoms in total. The van der Waals surface area contributed by atoms with Gasteiger partial charge in [0.1, 0.15) is 0 Å². The van der Waals surface area contributed by atoms with E-state index < -0.39 is 5.41 Å². The Balaban J connectivity index is 1.47. The number of thiophene rings is 4. The molecule has 0 fully saturated rings. The number of hydrogen-bond acceptors (Lipinski definition) is 8. The molecule has 0 N–H and O–H groups in total. The van der Waals surface area contributed by atoms with Crippen LogP contribution in [-0.2, 0) is 5.41 Å². The third-order valence-electron chi connectivity index (χ3n) is 17.0. The number of hydrogen-bond donors (Lipinski definition) is 0. The van der Waals surface area contributed by atoms with Crippen molar-refractivity contribution in [1.82, 2.24) is 14.4 Å². The summed E-state index contributed by atoms with van der Waals surface area (Å²) in [6, 6.07) is 5.18. The van der Waals surface area contributed by atoms with Gasteiger partial charge in [0.25, 0.3) is 23.6 Å². The molecule has 11 heteroatoms. The summed E-state index contributed by atoms with van der Waals surface area (Å²) in [5.41, 5.74) is 4.05. The van der Waals surface area contributed by atoms with Crippen molar-refractivity contribution in [1.29, 1.82) is 0 Å². The number of carbonyl (C=O) groups excluding carboxylic acids is 4. The molecule has 4 unspecified atom stereocenters. The molecule has 2 aliphatic rings. The van der Waals surface area contributed by atoms with Crippen molar-refractivity contribution < 1.29 is 19.2 Å². The Bertz CT molecular complexity index is 2670. The fourth-order valence-electron chi connectivity index (χ4n) is 11.6. The van der Waals surface area contributed by atoms with Crippen LogP contribution in [0.25, 0.3) is 39.9 Å². The van der Waals surface area contributed by atoms with Crippen LogP contribution in [0, 0.1) is 23.7 Å². The number of nitrogens with zero attached hydrogens (tertiary/aromatic N) is 3. The zero-order valence-electron chi connectivity index (χ0n) is 46.6. The van der Waals surface area contributed by atoms with Gasteiger partial charge in [-0.2, -0.15) is 0 Å². The number of imide groups is 2. The van der Waals surface area contributed by atoms with E-state index in [1.807, 2.05) is 11.3 Å². The van der Waals surface area contributed by atoms with E-state index in [0.717, 1.165) is 85.3 Å². The monoisotopic (exact) mass is 1060 g/mol. The summed E-state index contributed by atoms with van der Waals surface area (Å²) in [7, 11) is 0. The van der Waals surface area contributed by atoms with Crippen LogP contribution in [0.15, 0.2) is 12.1 Å². The first kappa shape index (κ1) is 56.6. The van der Waals surface area contributed by atoms with E-state index >= 15 is 14.4 Å². The zero-order chi connectivity index (χ0) is 52.2. The van der Waals surface area contributed by atoms with Gasteiger partial charge in [-0.1, -0.05) is 180 Å². The third kappa shape index (κ3) is 11.1. The standard InChI is InChI=1S/C61H89N3O4S4/c1-14-23-27-38(18-5)31-42(32-39(19-6)28-24-15-2)64-43-33-45(37(10)11)69-51(43)52-44(64)34-46(70-52)53-47-48(58(66)62(57(47)65)35-40(20-7)29-25-16-3)54(71-53)55-49-50(56(72-55)61(12,13)22-9)60(68)63(59(49)67)36-41(21-8)30-26-17-4/h33-34,37-42H,14-32,35-36H2,1-13H3. The number of carbonyl (C=O) groups is 4. The second kappa shape index (κ2) is 24.7. The molecule has 72 heavy (non-hydrogen) atoms. The van der Waals surface area contributed by atoms with E-state index in [0.29, 0.717) is 68.9 Å². The first-order chi connectivity index (χ1) is 34.6. The Morgan fingerprint density at radius 2 is 0.917 bits per heavy atom. The molecule has 7 heterocycles. The summed E-state index contributed by atoms with van der Waals surface area (Å²) in [6.07, 6.45) is 20.8. The van der Waals surface area contributed by atoms with Crippen molar-refractivity contribution in [2.24, 2.45) is 23.7 Å². The van der Waals surface area contributed by atoms with E-state index in [4.69, 9.17) is 0 Å². The second-order valence-corrected chi connectivity index (χ2v) is 26.9. The smallest absolute Gasteiger partial charge is 0.263 e. The van der Waals surface area contributed by atoms with Gasteiger partial charge in [-0.3, -0.25) is 29.0 Å². The first-order valence-corrected chi connectivity index (χ1v) is 32.0. The van der Waals surface area contributed by atoms with E-state index in [9.17, 15) is 4.79 Å². The average molecular weight is 1060 g/mol. The van der Waals surface area contributed by atoms with Crippen molar-refractivity contribution in [2.45, 2.75) is 229 Å². The van der Waals surface area contributed by atoms with Crippen molar-refractivity contribution in [3.8, 4) is 19.5 Å². The summed E-state index contributed by atoms with van der Waals surface area (Å²) >= 11 is 6.72. The molecule has 5 aromatic heterocycles. The molecular formula is C61H89N3O4S4. The second-order valence-electron chi connectivity index (χ2n) is 22.7. The molecule has 5 aromatic rings. The van der Waals surface area contributed by atoms with Gasteiger partial charge in [-0.05, 0) is 79.2 Å². The fourth-order valence-corrected chi connectivity index (χ4v) is 17.1. The van der Waals surface area contributed by atoms with Crippen LogP contribution in [0.5, 0.6) is 0 Å². The molecule has 2 aliphatic heterocycles. The minimum absolute atomic E-state index is 0.198. The predicted molar refractivity (Wildman–Crippen MR) is 311 cm³/mol. The number of aromatic nitrogens is 1. The lowest BCUT2D eigenvalue weighted by atomic mass is 9.85. The van der Waals surface area contributed by atoms with E-state index in [1.54, 1.807) is 11.3 Å². The maximum absolute atomic E-state index is 15.3. The van der Waals surface area contributed by atoms with Gasteiger partial charge < -0.3 is 4.57 Å². The molecular weight excluding hydrogens is 967 g/mol. The highest BCUT2D eigenvalue weighted by Crippen LogP contribution is 2.56. The quantitative estimate of drug-likeness (QED) is 0.0429. The molecule has 396 valence electrons. The molecule has 0 aliphatic carbocycles. The highest BCUT2D eigenvalue weighted by Gasteiger charge is 2.49. The molecule has 0 spiro atoms. The van der Waals surface area contributed by atoms with Crippen molar-refractivity contribution >= 4 is 89.4 Å². The van der Waals surface area contributed by atoms with Crippen LogP contribution in [0.1, 0.15) is 275 Å². The van der Waals surface area contributed by atoms with E-state index in [1.165, 1.54) is 109 Å². The summed E-state index contributed by atoms with van der Waals surface area (Å²) in [5.74, 6) is 1.15. The van der Waals surface area contributed by atoms with Crippen molar-refractivity contribution in [3.63, 3.8) is 0 Å². The van der Waals surface area contributed by atoms with Crippen LogP contribution < -0.4 is 0 Å². The Morgan fingerprint density at radius 3 is 1.38 bits per heavy atom. The van der Waals surface area contributed by atoms with Gasteiger partial charge in [0.2, 0.25) is 0 Å². The summed E-state index contributed by atoms with van der Waals surface area (Å²) in [4.78, 5) is 69.0. The van der Waals surface area contributed by atoms with Crippen molar-refractivity contribution in [2.75, 3.05) is 13.1 Å². The normalized spacial score (nSPS) is 16.4. The Morgan fingerprint density at radius 1 is 0.500 bits per heavy atom. The number of fused-ring (bicyclic) bond motifs is 5. The molecule has 0 saturated carbocycles. The average Bonchev–Trinajstić information content (AvgIpc) is 4.25. The summed E-state index contributed by atoms with van der Waals surface area (Å²) < 4.78 is 5.33. The van der Waals surface area contributed by atoms with Gasteiger partial charge in [0.05, 0.1) is 57.3 Å². The molecule has 4 amide bonds. The third-order valence-corrected chi connectivity index (χ3v) is 22.8. The largest absolute Gasteiger partial charge is 0.336 e. The molecule has 0 aromatic carbocycles. The Labute approximate surface area is 449 Å². The number of amides is 4. The minimum Gasteiger partial charge on any atom is -0.336 e. The summed E-state index contributed by atoms with van der Waals surface area (Å²) in [6.45, 7) is 29.9. The lowest BCUT2D eigenvalue weighted by molar-refractivity contribution is 0.0608. The number of unbranched alkanes of at least 4 members (excludes halogenated alkanes) is 4. The zero-order valence-corrected chi connectivity index (χ0v) is 49.8. The SMILES string of the molecule is CCCCC(CC)CC(CC(CC)CCCC)n1c2cc(-c3sc(-c4sc(C(C)(C)CC)c5c4C(=O)N(CC(CC)CCCC)C5=O)c4c3C(=O)N(CC(CC)CCCC)C4=O)sc2c2sc(C(C)C)cc21. The maximum atomic E-state index is 15.3. The Kier molecular flexibility index (Phi) is 19.4. The van der Waals surface area contributed by atoms with Gasteiger partial charge in [0, 0.05) is 33.8 Å². The van der Waals surface area contributed by atoms with Crippen molar-refractivity contribution in [3.05, 3.63) is 44.1 Å². The van der Waals surface area contributed by atoms with Gasteiger partial charge in [-0.15, -0.1) is 45.3 Å². The highest BCUT2D eigenvalue weighted by molar-refractivity contribution is 7.32. The predicted octanol–water partition coefficient (Wildman–Crippen LogP) is 19.6. The van der Waals surface area contributed by atoms with Crippen LogP contribution in [0.4, 0.5) is 0 Å². The molecule has 7 rings (SSSR count). The first-order valence-electron chi connectivity index (χ1n) is 28.7. The van der Waals surface area contributed by atoms with Gasteiger partial charge in [0.15, 0.2) is 0 Å². The topological polar surface area (TPSA) is 79.7 Å². The maximum Gasteiger partial charge on any atom is 0.263 e.